The Balaban J connectivity index is 2.22. The van der Waals surface area contributed by atoms with Crippen molar-refractivity contribution < 1.29 is 4.39 Å². The van der Waals surface area contributed by atoms with Gasteiger partial charge in [0.2, 0.25) is 5.95 Å². The zero-order valence-corrected chi connectivity index (χ0v) is 14.3. The second-order valence-electron chi connectivity index (χ2n) is 5.14. The van der Waals surface area contributed by atoms with Gasteiger partial charge in [-0.15, -0.1) is 11.3 Å². The summed E-state index contributed by atoms with van der Waals surface area (Å²) in [6, 6.07) is 5.37. The number of nitrogens with zero attached hydrogens (tertiary/aromatic N) is 2. The smallest absolute Gasteiger partial charge is 0.201 e. The predicted molar refractivity (Wildman–Crippen MR) is 89.4 cm³/mol. The van der Waals surface area contributed by atoms with Crippen molar-refractivity contribution in [2.45, 2.75) is 26.8 Å². The van der Waals surface area contributed by atoms with Crippen molar-refractivity contribution in [1.29, 1.82) is 0 Å². The van der Waals surface area contributed by atoms with E-state index in [1.54, 1.807) is 17.4 Å². The molecule has 0 amide bonds. The minimum Gasteiger partial charge on any atom is -0.369 e. The van der Waals surface area contributed by atoms with Gasteiger partial charge in [-0.3, -0.25) is 0 Å². The van der Waals surface area contributed by atoms with Crippen LogP contribution in [0.3, 0.4) is 0 Å². The van der Waals surface area contributed by atoms with E-state index in [-0.39, 0.29) is 11.9 Å². The van der Waals surface area contributed by atoms with Crippen LogP contribution < -0.4 is 5.73 Å². The number of nitrogen functional groups attached to an aromatic ring is 1. The molecule has 6 heteroatoms. The summed E-state index contributed by atoms with van der Waals surface area (Å²) in [5.74, 6) is 0.0700. The average molecular weight is 368 g/mol. The van der Waals surface area contributed by atoms with E-state index in [9.17, 15) is 4.39 Å². The van der Waals surface area contributed by atoms with Gasteiger partial charge in [0.05, 0.1) is 21.5 Å². The highest BCUT2D eigenvalue weighted by atomic mass is 79.9. The van der Waals surface area contributed by atoms with Gasteiger partial charge in [-0.2, -0.15) is 0 Å². The SMILES string of the molecule is Cc1cc(C(C)n2c(N)nc3cc(F)c(Br)cc32)c(C)s1. The van der Waals surface area contributed by atoms with Crippen LogP contribution in [0, 0.1) is 19.7 Å². The van der Waals surface area contributed by atoms with E-state index in [4.69, 9.17) is 5.73 Å². The Labute approximate surface area is 134 Å². The maximum atomic E-state index is 13.6. The highest BCUT2D eigenvalue weighted by molar-refractivity contribution is 9.10. The van der Waals surface area contributed by atoms with E-state index in [2.05, 4.69) is 47.8 Å². The summed E-state index contributed by atoms with van der Waals surface area (Å²) in [6.07, 6.45) is 0. The summed E-state index contributed by atoms with van der Waals surface area (Å²) in [6.45, 7) is 6.28. The van der Waals surface area contributed by atoms with Crippen LogP contribution in [0.5, 0.6) is 0 Å². The molecule has 3 nitrogen and oxygen atoms in total. The van der Waals surface area contributed by atoms with E-state index in [1.165, 1.54) is 21.4 Å². The lowest BCUT2D eigenvalue weighted by atomic mass is 10.1. The number of aryl methyl sites for hydroxylation is 2. The average Bonchev–Trinajstić information content (AvgIpc) is 2.89. The first kappa shape index (κ1) is 14.5. The van der Waals surface area contributed by atoms with Gasteiger partial charge in [0.1, 0.15) is 5.82 Å². The van der Waals surface area contributed by atoms with Crippen LogP contribution in [-0.4, -0.2) is 9.55 Å². The van der Waals surface area contributed by atoms with Gasteiger partial charge in [-0.25, -0.2) is 9.37 Å². The standard InChI is InChI=1S/C15H15BrFN3S/c1-7-4-10(9(3)21-7)8(2)20-14-5-11(16)12(17)6-13(14)19-15(20)18/h4-6,8H,1-3H3,(H2,18,19). The van der Waals surface area contributed by atoms with Crippen LogP contribution in [0.25, 0.3) is 11.0 Å². The molecule has 0 aliphatic rings. The van der Waals surface area contributed by atoms with Crippen molar-refractivity contribution in [3.05, 3.63) is 43.8 Å². The zero-order chi connectivity index (χ0) is 15.3. The normalized spacial score (nSPS) is 13.0. The minimum absolute atomic E-state index is 0.0531. The minimum atomic E-state index is -0.331. The highest BCUT2D eigenvalue weighted by Crippen LogP contribution is 2.34. The molecule has 0 saturated heterocycles. The van der Waals surface area contributed by atoms with Gasteiger partial charge < -0.3 is 10.3 Å². The maximum Gasteiger partial charge on any atom is 0.201 e. The topological polar surface area (TPSA) is 43.8 Å². The molecule has 0 radical (unpaired) electrons. The molecule has 1 atom stereocenters. The lowest BCUT2D eigenvalue weighted by molar-refractivity contribution is 0.622. The first-order chi connectivity index (χ1) is 9.88. The predicted octanol–water partition coefficient (Wildman–Crippen LogP) is 4.81. The molecule has 1 unspecified atom stereocenters. The third-order valence-corrected chi connectivity index (χ3v) is 5.27. The summed E-state index contributed by atoms with van der Waals surface area (Å²) >= 11 is 5.00. The Morgan fingerprint density at radius 3 is 2.67 bits per heavy atom. The summed E-state index contributed by atoms with van der Waals surface area (Å²) in [5, 5.41) is 0. The number of anilines is 1. The largest absolute Gasteiger partial charge is 0.369 e. The molecule has 0 aliphatic heterocycles. The summed E-state index contributed by atoms with van der Waals surface area (Å²) in [5.41, 5.74) is 8.70. The molecule has 21 heavy (non-hydrogen) atoms. The number of hydrogen-bond acceptors (Lipinski definition) is 3. The summed E-state index contributed by atoms with van der Waals surface area (Å²) in [7, 11) is 0. The zero-order valence-electron chi connectivity index (χ0n) is 11.9. The van der Waals surface area contributed by atoms with Gasteiger partial charge in [0.25, 0.3) is 0 Å². The number of imidazole rings is 1. The van der Waals surface area contributed by atoms with E-state index < -0.39 is 0 Å². The van der Waals surface area contributed by atoms with Crippen LogP contribution in [0.2, 0.25) is 0 Å². The first-order valence-corrected chi connectivity index (χ1v) is 8.19. The lowest BCUT2D eigenvalue weighted by Gasteiger charge is -2.16. The van der Waals surface area contributed by atoms with Gasteiger partial charge in [0, 0.05) is 15.8 Å². The Morgan fingerprint density at radius 2 is 2.05 bits per heavy atom. The second kappa shape index (κ2) is 5.10. The highest BCUT2D eigenvalue weighted by Gasteiger charge is 2.19. The Morgan fingerprint density at radius 1 is 1.33 bits per heavy atom. The van der Waals surface area contributed by atoms with Gasteiger partial charge in [0.15, 0.2) is 0 Å². The van der Waals surface area contributed by atoms with Gasteiger partial charge in [-0.05, 0) is 54.4 Å². The van der Waals surface area contributed by atoms with Gasteiger partial charge in [-0.1, -0.05) is 0 Å². The number of rotatable bonds is 2. The van der Waals surface area contributed by atoms with Crippen molar-refractivity contribution in [3.63, 3.8) is 0 Å². The molecule has 0 bridgehead atoms. The summed E-state index contributed by atoms with van der Waals surface area (Å²) in [4.78, 5) is 6.82. The Kier molecular flexibility index (Phi) is 3.53. The number of nitrogens with two attached hydrogens (primary N) is 1. The van der Waals surface area contributed by atoms with Crippen LogP contribution in [0.15, 0.2) is 22.7 Å². The number of benzene rings is 1. The molecule has 0 saturated carbocycles. The van der Waals surface area contributed by atoms with E-state index in [0.717, 1.165) is 5.52 Å². The molecule has 1 aromatic carbocycles. The Bertz CT molecular complexity index is 837. The summed E-state index contributed by atoms with van der Waals surface area (Å²) < 4.78 is 16.0. The molecule has 0 spiro atoms. The van der Waals surface area contributed by atoms with Crippen LogP contribution >= 0.6 is 27.3 Å². The lowest BCUT2D eigenvalue weighted by Crippen LogP contribution is -2.10. The third-order valence-electron chi connectivity index (χ3n) is 3.68. The molecule has 3 rings (SSSR count). The quantitative estimate of drug-likeness (QED) is 0.706. The van der Waals surface area contributed by atoms with Crippen molar-refractivity contribution in [2.75, 3.05) is 5.73 Å². The molecular formula is C15H15BrFN3S. The first-order valence-electron chi connectivity index (χ1n) is 6.58. The van der Waals surface area contributed by atoms with Crippen LogP contribution in [0.4, 0.5) is 10.3 Å². The number of aromatic nitrogens is 2. The van der Waals surface area contributed by atoms with E-state index in [1.807, 2.05) is 4.57 Å². The fourth-order valence-electron chi connectivity index (χ4n) is 2.72. The van der Waals surface area contributed by atoms with Crippen molar-refractivity contribution in [2.24, 2.45) is 0 Å². The molecule has 2 aromatic heterocycles. The number of hydrogen-bond donors (Lipinski definition) is 1. The maximum absolute atomic E-state index is 13.6. The van der Waals surface area contributed by atoms with Crippen LogP contribution in [0.1, 0.15) is 28.3 Å². The molecule has 0 aliphatic carbocycles. The fraction of sp³-hybridized carbons (Fsp3) is 0.267. The number of thiophene rings is 1. The second-order valence-corrected chi connectivity index (χ2v) is 7.45. The fourth-order valence-corrected chi connectivity index (χ4v) is 4.07. The van der Waals surface area contributed by atoms with E-state index >= 15 is 0 Å². The molecule has 0 fully saturated rings. The van der Waals surface area contributed by atoms with Crippen LogP contribution in [-0.2, 0) is 0 Å². The number of halogens is 2. The van der Waals surface area contributed by atoms with Gasteiger partial charge >= 0.3 is 0 Å². The molecular weight excluding hydrogens is 353 g/mol. The monoisotopic (exact) mass is 367 g/mol. The number of fused-ring (bicyclic) bond motifs is 1. The van der Waals surface area contributed by atoms with Crippen molar-refractivity contribution >= 4 is 44.2 Å². The van der Waals surface area contributed by atoms with E-state index in [0.29, 0.717) is 15.9 Å². The molecule has 110 valence electrons. The molecule has 2 heterocycles. The Hall–Kier alpha value is -1.40. The molecule has 2 N–H and O–H groups in total. The molecule has 3 aromatic rings. The van der Waals surface area contributed by atoms with Crippen molar-refractivity contribution in [3.8, 4) is 0 Å². The van der Waals surface area contributed by atoms with Crippen molar-refractivity contribution in [1.82, 2.24) is 9.55 Å². The third kappa shape index (κ3) is 2.36.